The van der Waals surface area contributed by atoms with E-state index < -0.39 is 5.97 Å². The third kappa shape index (κ3) is 1.60. The molecule has 2 atom stereocenters. The monoisotopic (exact) mass is 248 g/mol. The van der Waals surface area contributed by atoms with Crippen LogP contribution in [0.5, 0.6) is 5.75 Å². The third-order valence-corrected chi connectivity index (χ3v) is 4.20. The average Bonchev–Trinajstić information content (AvgIpc) is 3.09. The van der Waals surface area contributed by atoms with Crippen molar-refractivity contribution < 1.29 is 19.4 Å². The molecule has 0 amide bonds. The van der Waals surface area contributed by atoms with E-state index in [4.69, 9.17) is 14.6 Å². The third-order valence-electron chi connectivity index (χ3n) is 4.20. The Morgan fingerprint density at radius 2 is 2.06 bits per heavy atom. The highest BCUT2D eigenvalue weighted by molar-refractivity contribution is 5.74. The number of carboxylic acid groups (broad SMARTS) is 1. The fourth-order valence-electron chi connectivity index (χ4n) is 2.92. The lowest BCUT2D eigenvalue weighted by Gasteiger charge is -2.42. The van der Waals surface area contributed by atoms with Crippen molar-refractivity contribution in [3.8, 4) is 5.75 Å². The van der Waals surface area contributed by atoms with Gasteiger partial charge in [-0.25, -0.2) is 0 Å². The molecule has 1 saturated carbocycles. The summed E-state index contributed by atoms with van der Waals surface area (Å²) in [5.74, 6) is 0.160. The van der Waals surface area contributed by atoms with Gasteiger partial charge in [0.2, 0.25) is 0 Å². The first kappa shape index (κ1) is 11.5. The molecule has 4 nitrogen and oxygen atoms in total. The molecule has 1 aromatic carbocycles. The number of rotatable bonds is 4. The zero-order valence-electron chi connectivity index (χ0n) is 10.3. The number of aliphatic carboxylic acids is 1. The van der Waals surface area contributed by atoms with Crippen molar-refractivity contribution in [3.05, 3.63) is 29.8 Å². The van der Waals surface area contributed by atoms with E-state index in [0.717, 1.165) is 12.2 Å². The van der Waals surface area contributed by atoms with E-state index in [1.807, 2.05) is 24.3 Å². The van der Waals surface area contributed by atoms with Crippen molar-refractivity contribution >= 4 is 5.97 Å². The number of ether oxygens (including phenoxy) is 2. The summed E-state index contributed by atoms with van der Waals surface area (Å²) in [5.41, 5.74) is 1.08. The fraction of sp³-hybridized carbons (Fsp3) is 0.500. The van der Waals surface area contributed by atoms with Gasteiger partial charge in [0, 0.05) is 5.41 Å². The van der Waals surface area contributed by atoms with Gasteiger partial charge < -0.3 is 14.6 Å². The molecule has 18 heavy (non-hydrogen) atoms. The summed E-state index contributed by atoms with van der Waals surface area (Å²) in [6.45, 7) is 1.27. The van der Waals surface area contributed by atoms with Gasteiger partial charge in [-0.15, -0.1) is 0 Å². The van der Waals surface area contributed by atoms with Crippen LogP contribution in [0.15, 0.2) is 24.3 Å². The molecule has 0 bridgehead atoms. The summed E-state index contributed by atoms with van der Waals surface area (Å²) in [5, 5.41) is 9.07. The minimum absolute atomic E-state index is 0.0880. The van der Waals surface area contributed by atoms with Crippen LogP contribution in [0.3, 0.4) is 0 Å². The van der Waals surface area contributed by atoms with Crippen molar-refractivity contribution in [1.82, 2.24) is 0 Å². The van der Waals surface area contributed by atoms with Crippen LogP contribution in [0, 0.1) is 11.8 Å². The molecule has 2 unspecified atom stereocenters. The SMILES string of the molecule is COc1ccc(C2(C3CC3C(=O)O)COC2)cc1. The number of methoxy groups -OCH3 is 1. The van der Waals surface area contributed by atoms with E-state index >= 15 is 0 Å². The molecule has 0 spiro atoms. The number of carbonyl (C=O) groups is 1. The van der Waals surface area contributed by atoms with E-state index in [9.17, 15) is 4.79 Å². The normalized spacial score (nSPS) is 28.3. The Morgan fingerprint density at radius 3 is 2.44 bits per heavy atom. The summed E-state index contributed by atoms with van der Waals surface area (Å²) < 4.78 is 10.5. The standard InChI is InChI=1S/C14H16O4/c1-17-10-4-2-9(3-5-10)14(7-18-8-14)12-6-11(12)13(15)16/h2-5,11-12H,6-8H2,1H3,(H,15,16). The second-order valence-corrected chi connectivity index (χ2v) is 5.16. The van der Waals surface area contributed by atoms with Crippen LogP contribution < -0.4 is 4.74 Å². The average molecular weight is 248 g/mol. The molecule has 1 N–H and O–H groups in total. The van der Waals surface area contributed by atoms with Gasteiger partial charge >= 0.3 is 5.97 Å². The van der Waals surface area contributed by atoms with Crippen molar-refractivity contribution in [2.45, 2.75) is 11.8 Å². The molecule has 3 rings (SSSR count). The highest BCUT2D eigenvalue weighted by Gasteiger charge is 2.60. The van der Waals surface area contributed by atoms with Crippen molar-refractivity contribution in [1.29, 1.82) is 0 Å². The Kier molecular flexibility index (Phi) is 2.55. The van der Waals surface area contributed by atoms with Gasteiger partial charge in [-0.1, -0.05) is 12.1 Å². The second-order valence-electron chi connectivity index (χ2n) is 5.16. The van der Waals surface area contributed by atoms with Crippen molar-refractivity contribution in [2.24, 2.45) is 11.8 Å². The Labute approximate surface area is 106 Å². The van der Waals surface area contributed by atoms with Crippen molar-refractivity contribution in [3.63, 3.8) is 0 Å². The quantitative estimate of drug-likeness (QED) is 0.880. The first-order valence-corrected chi connectivity index (χ1v) is 6.12. The lowest BCUT2D eigenvalue weighted by atomic mass is 9.73. The maximum absolute atomic E-state index is 11.0. The van der Waals surface area contributed by atoms with Crippen LogP contribution in [0.4, 0.5) is 0 Å². The van der Waals surface area contributed by atoms with Crippen LogP contribution in [0.25, 0.3) is 0 Å². The molecule has 1 saturated heterocycles. The molecular formula is C14H16O4. The molecule has 4 heteroatoms. The highest BCUT2D eigenvalue weighted by atomic mass is 16.5. The topological polar surface area (TPSA) is 55.8 Å². The first-order valence-electron chi connectivity index (χ1n) is 6.12. The Balaban J connectivity index is 1.85. The maximum atomic E-state index is 11.0. The molecule has 0 radical (unpaired) electrons. The van der Waals surface area contributed by atoms with Crippen LogP contribution >= 0.6 is 0 Å². The van der Waals surface area contributed by atoms with Gasteiger partial charge in [-0.3, -0.25) is 4.79 Å². The molecule has 1 aromatic rings. The fourth-order valence-corrected chi connectivity index (χ4v) is 2.92. The van der Waals surface area contributed by atoms with Crippen LogP contribution in [-0.4, -0.2) is 31.4 Å². The highest BCUT2D eigenvalue weighted by Crippen LogP contribution is 2.55. The molecule has 0 aromatic heterocycles. The van der Waals surface area contributed by atoms with E-state index in [0.29, 0.717) is 13.2 Å². The first-order chi connectivity index (χ1) is 8.67. The zero-order valence-corrected chi connectivity index (χ0v) is 10.3. The predicted octanol–water partition coefficient (Wildman–Crippen LogP) is 1.68. The van der Waals surface area contributed by atoms with Crippen LogP contribution in [0.1, 0.15) is 12.0 Å². The zero-order chi connectivity index (χ0) is 12.8. The smallest absolute Gasteiger partial charge is 0.306 e. The number of carboxylic acids is 1. The minimum Gasteiger partial charge on any atom is -0.497 e. The molecule has 2 aliphatic rings. The van der Waals surface area contributed by atoms with Gasteiger partial charge in [0.25, 0.3) is 0 Å². The largest absolute Gasteiger partial charge is 0.497 e. The molecule has 2 fully saturated rings. The van der Waals surface area contributed by atoms with Crippen LogP contribution in [0.2, 0.25) is 0 Å². The Hall–Kier alpha value is -1.55. The number of hydrogen-bond donors (Lipinski definition) is 1. The summed E-state index contributed by atoms with van der Waals surface area (Å²) in [7, 11) is 1.64. The maximum Gasteiger partial charge on any atom is 0.306 e. The Morgan fingerprint density at radius 1 is 1.39 bits per heavy atom. The van der Waals surface area contributed by atoms with Gasteiger partial charge in [0.1, 0.15) is 5.75 Å². The Bertz CT molecular complexity index is 461. The summed E-state index contributed by atoms with van der Waals surface area (Å²) in [6.07, 6.45) is 0.769. The predicted molar refractivity (Wildman–Crippen MR) is 64.7 cm³/mol. The van der Waals surface area contributed by atoms with Gasteiger partial charge in [0.15, 0.2) is 0 Å². The lowest BCUT2D eigenvalue weighted by Crippen LogP contribution is -2.49. The molecule has 1 heterocycles. The van der Waals surface area contributed by atoms with Gasteiger partial charge in [-0.2, -0.15) is 0 Å². The minimum atomic E-state index is -0.681. The lowest BCUT2D eigenvalue weighted by molar-refractivity contribution is -0.140. The summed E-state index contributed by atoms with van der Waals surface area (Å²) in [6, 6.07) is 7.90. The van der Waals surface area contributed by atoms with Crippen molar-refractivity contribution in [2.75, 3.05) is 20.3 Å². The van der Waals surface area contributed by atoms with E-state index in [1.165, 1.54) is 5.56 Å². The number of benzene rings is 1. The summed E-state index contributed by atoms with van der Waals surface area (Å²) >= 11 is 0. The van der Waals surface area contributed by atoms with E-state index in [-0.39, 0.29) is 17.3 Å². The number of hydrogen-bond acceptors (Lipinski definition) is 3. The molecular weight excluding hydrogens is 232 g/mol. The molecule has 1 aliphatic heterocycles. The van der Waals surface area contributed by atoms with E-state index in [1.54, 1.807) is 7.11 Å². The molecule has 1 aliphatic carbocycles. The van der Waals surface area contributed by atoms with Gasteiger partial charge in [0.05, 0.1) is 26.2 Å². The van der Waals surface area contributed by atoms with Gasteiger partial charge in [-0.05, 0) is 30.0 Å². The summed E-state index contributed by atoms with van der Waals surface area (Å²) in [4.78, 5) is 11.0. The van der Waals surface area contributed by atoms with Crippen LogP contribution in [-0.2, 0) is 14.9 Å². The second kappa shape index (κ2) is 3.99. The van der Waals surface area contributed by atoms with E-state index in [2.05, 4.69) is 0 Å². The molecule has 96 valence electrons.